The minimum absolute atomic E-state index is 0.0258. The third-order valence-electron chi connectivity index (χ3n) is 4.00. The molecule has 0 spiro atoms. The van der Waals surface area contributed by atoms with Crippen LogP contribution in [0.5, 0.6) is 0 Å². The number of benzene rings is 2. The molecule has 0 aromatic heterocycles. The molecule has 1 heterocycles. The van der Waals surface area contributed by atoms with Crippen molar-refractivity contribution in [3.05, 3.63) is 59.1 Å². The van der Waals surface area contributed by atoms with Crippen LogP contribution in [-0.2, 0) is 9.59 Å². The molecule has 124 valence electrons. The molecule has 2 N–H and O–H groups in total. The summed E-state index contributed by atoms with van der Waals surface area (Å²) in [5, 5.41) is 6.61. The first-order valence-electron chi connectivity index (χ1n) is 7.73. The topological polar surface area (TPSA) is 61.4 Å². The van der Waals surface area contributed by atoms with Crippen molar-refractivity contribution in [3.8, 4) is 0 Å². The van der Waals surface area contributed by atoms with Gasteiger partial charge in [0.05, 0.1) is 17.9 Å². The van der Waals surface area contributed by atoms with Crippen molar-refractivity contribution in [3.63, 3.8) is 0 Å². The van der Waals surface area contributed by atoms with Crippen LogP contribution < -0.4 is 15.5 Å². The summed E-state index contributed by atoms with van der Waals surface area (Å²) in [5.74, 6) is -0.350. The molecule has 1 aliphatic rings. The van der Waals surface area contributed by atoms with E-state index in [0.717, 1.165) is 5.56 Å². The summed E-state index contributed by atoms with van der Waals surface area (Å²) in [5.41, 5.74) is 2.30. The molecule has 24 heavy (non-hydrogen) atoms. The normalized spacial score (nSPS) is 14.8. The second-order valence-electron chi connectivity index (χ2n) is 5.67. The van der Waals surface area contributed by atoms with Crippen molar-refractivity contribution in [1.29, 1.82) is 0 Å². The highest BCUT2D eigenvalue weighted by molar-refractivity contribution is 6.31. The highest BCUT2D eigenvalue weighted by atomic mass is 35.5. The number of carbonyl (C=O) groups excluding carboxylic acids is 2. The highest BCUT2D eigenvalue weighted by Gasteiger charge is 2.26. The van der Waals surface area contributed by atoms with Gasteiger partial charge in [0.1, 0.15) is 6.54 Å². The number of amides is 2. The number of para-hydroxylation sites is 2. The number of anilines is 2. The van der Waals surface area contributed by atoms with Crippen LogP contribution in [-0.4, -0.2) is 24.9 Å². The lowest BCUT2D eigenvalue weighted by molar-refractivity contribution is -0.121. The van der Waals surface area contributed by atoms with E-state index in [0.29, 0.717) is 16.4 Å². The standard InChI is InChI=1S/C18H18ClN3O2/c1-12(13-6-2-3-7-14(13)19)20-10-18(24)22-11-17(23)21-15-8-4-5-9-16(15)22/h2-9,12,20H,10-11H2,1H3,(H,21,23)/t12-/m1/s1. The van der Waals surface area contributed by atoms with Gasteiger partial charge in [0, 0.05) is 11.1 Å². The number of nitrogens with one attached hydrogen (secondary N) is 2. The van der Waals surface area contributed by atoms with E-state index in [4.69, 9.17) is 11.6 Å². The predicted octanol–water partition coefficient (Wildman–Crippen LogP) is 2.98. The van der Waals surface area contributed by atoms with Gasteiger partial charge in [-0.15, -0.1) is 0 Å². The molecule has 0 fully saturated rings. The third kappa shape index (κ3) is 3.42. The Morgan fingerprint density at radius 2 is 1.96 bits per heavy atom. The Kier molecular flexibility index (Phi) is 4.83. The molecular weight excluding hydrogens is 326 g/mol. The van der Waals surface area contributed by atoms with Gasteiger partial charge in [0.25, 0.3) is 0 Å². The lowest BCUT2D eigenvalue weighted by Gasteiger charge is -2.29. The molecule has 3 rings (SSSR count). The van der Waals surface area contributed by atoms with E-state index in [2.05, 4.69) is 10.6 Å². The van der Waals surface area contributed by atoms with Crippen molar-refractivity contribution in [2.24, 2.45) is 0 Å². The van der Waals surface area contributed by atoms with Gasteiger partial charge in [-0.3, -0.25) is 14.5 Å². The Hall–Kier alpha value is -2.37. The third-order valence-corrected chi connectivity index (χ3v) is 4.35. The van der Waals surface area contributed by atoms with E-state index in [1.807, 2.05) is 49.4 Å². The van der Waals surface area contributed by atoms with Gasteiger partial charge in [0.15, 0.2) is 0 Å². The molecule has 6 heteroatoms. The number of rotatable bonds is 4. The maximum absolute atomic E-state index is 12.6. The van der Waals surface area contributed by atoms with Crippen molar-refractivity contribution in [2.75, 3.05) is 23.3 Å². The van der Waals surface area contributed by atoms with Gasteiger partial charge in [-0.25, -0.2) is 0 Å². The summed E-state index contributed by atoms with van der Waals surface area (Å²) >= 11 is 6.18. The van der Waals surface area contributed by atoms with Crippen LogP contribution in [0.15, 0.2) is 48.5 Å². The number of carbonyl (C=O) groups is 2. The maximum Gasteiger partial charge on any atom is 0.244 e. The van der Waals surface area contributed by atoms with Gasteiger partial charge in [-0.2, -0.15) is 0 Å². The van der Waals surface area contributed by atoms with E-state index in [1.165, 1.54) is 4.90 Å². The lowest BCUT2D eigenvalue weighted by Crippen LogP contribution is -2.46. The molecule has 2 amide bonds. The fourth-order valence-corrected chi connectivity index (χ4v) is 3.03. The Morgan fingerprint density at radius 1 is 1.25 bits per heavy atom. The van der Waals surface area contributed by atoms with E-state index >= 15 is 0 Å². The second kappa shape index (κ2) is 7.03. The lowest BCUT2D eigenvalue weighted by atomic mass is 10.1. The maximum atomic E-state index is 12.6. The Bertz CT molecular complexity index is 778. The first-order valence-corrected chi connectivity index (χ1v) is 8.11. The smallest absolute Gasteiger partial charge is 0.244 e. The quantitative estimate of drug-likeness (QED) is 0.897. The predicted molar refractivity (Wildman–Crippen MR) is 95.3 cm³/mol. The van der Waals surface area contributed by atoms with Crippen LogP contribution in [0.25, 0.3) is 0 Å². The molecule has 0 radical (unpaired) electrons. The zero-order valence-corrected chi connectivity index (χ0v) is 14.0. The summed E-state index contributed by atoms with van der Waals surface area (Å²) in [6.45, 7) is 2.09. The van der Waals surface area contributed by atoms with Crippen LogP contribution in [0.3, 0.4) is 0 Å². The van der Waals surface area contributed by atoms with Crippen LogP contribution in [0, 0.1) is 0 Å². The first kappa shape index (κ1) is 16.5. The van der Waals surface area contributed by atoms with E-state index < -0.39 is 0 Å². The molecule has 0 saturated heterocycles. The second-order valence-corrected chi connectivity index (χ2v) is 6.08. The molecule has 0 saturated carbocycles. The molecule has 2 aromatic rings. The average Bonchev–Trinajstić information content (AvgIpc) is 2.59. The van der Waals surface area contributed by atoms with E-state index in [-0.39, 0.29) is 30.9 Å². The largest absolute Gasteiger partial charge is 0.323 e. The van der Waals surface area contributed by atoms with E-state index in [9.17, 15) is 9.59 Å². The molecule has 0 unspecified atom stereocenters. The zero-order chi connectivity index (χ0) is 17.1. The molecule has 1 aliphatic heterocycles. The number of hydrogen-bond donors (Lipinski definition) is 2. The van der Waals surface area contributed by atoms with Crippen LogP contribution in [0.4, 0.5) is 11.4 Å². The number of nitrogens with zero attached hydrogens (tertiary/aromatic N) is 1. The van der Waals surface area contributed by atoms with Gasteiger partial charge in [0.2, 0.25) is 11.8 Å². The fraction of sp³-hybridized carbons (Fsp3) is 0.222. The molecule has 0 bridgehead atoms. The molecular formula is C18H18ClN3O2. The fourth-order valence-electron chi connectivity index (χ4n) is 2.73. The van der Waals surface area contributed by atoms with E-state index in [1.54, 1.807) is 6.07 Å². The molecule has 0 aliphatic carbocycles. The van der Waals surface area contributed by atoms with Crippen molar-refractivity contribution < 1.29 is 9.59 Å². The summed E-state index contributed by atoms with van der Waals surface area (Å²) in [6, 6.07) is 14.7. The summed E-state index contributed by atoms with van der Waals surface area (Å²) < 4.78 is 0. The number of halogens is 1. The van der Waals surface area contributed by atoms with Crippen LogP contribution in [0.1, 0.15) is 18.5 Å². The average molecular weight is 344 g/mol. The van der Waals surface area contributed by atoms with Crippen molar-refractivity contribution >= 4 is 34.8 Å². The van der Waals surface area contributed by atoms with Crippen LogP contribution in [0.2, 0.25) is 5.02 Å². The molecule has 2 aromatic carbocycles. The van der Waals surface area contributed by atoms with Gasteiger partial charge >= 0.3 is 0 Å². The first-order chi connectivity index (χ1) is 11.6. The number of fused-ring (bicyclic) bond motifs is 1. The van der Waals surface area contributed by atoms with Crippen molar-refractivity contribution in [1.82, 2.24) is 5.32 Å². The minimum atomic E-state index is -0.193. The van der Waals surface area contributed by atoms with Crippen LogP contribution >= 0.6 is 11.6 Å². The molecule has 5 nitrogen and oxygen atoms in total. The van der Waals surface area contributed by atoms with Gasteiger partial charge < -0.3 is 10.6 Å². The van der Waals surface area contributed by atoms with Gasteiger partial charge in [-0.1, -0.05) is 41.9 Å². The zero-order valence-electron chi connectivity index (χ0n) is 13.3. The minimum Gasteiger partial charge on any atom is -0.323 e. The summed E-state index contributed by atoms with van der Waals surface area (Å²) in [6.07, 6.45) is 0. The summed E-state index contributed by atoms with van der Waals surface area (Å²) in [7, 11) is 0. The Labute approximate surface area is 145 Å². The summed E-state index contributed by atoms with van der Waals surface area (Å²) in [4.78, 5) is 25.9. The van der Waals surface area contributed by atoms with Crippen molar-refractivity contribution in [2.45, 2.75) is 13.0 Å². The number of hydrogen-bond acceptors (Lipinski definition) is 3. The van der Waals surface area contributed by atoms with Gasteiger partial charge in [-0.05, 0) is 30.7 Å². The SMILES string of the molecule is C[C@@H](NCC(=O)N1CC(=O)Nc2ccccc21)c1ccccc1Cl. The highest BCUT2D eigenvalue weighted by Crippen LogP contribution is 2.29. The Morgan fingerprint density at radius 3 is 2.75 bits per heavy atom. The monoisotopic (exact) mass is 343 g/mol. The Balaban J connectivity index is 1.70. The molecule has 1 atom stereocenters.